The van der Waals surface area contributed by atoms with Crippen LogP contribution in [0.1, 0.15) is 28.8 Å². The lowest BCUT2D eigenvalue weighted by atomic mass is 10.1. The minimum Gasteiger partial charge on any atom is -0.327 e. The molecule has 1 atom stereocenters. The number of benzene rings is 2. The third-order valence-electron chi connectivity index (χ3n) is 5.27. The van der Waals surface area contributed by atoms with E-state index >= 15 is 0 Å². The standard InChI is InChI=1S/C21H20ClN3O3/c1-13-8-9-14(22)11-16(13)23-19(26)12-25-17-6-3-2-5-15(17)20(27)24-10-4-7-18(24)21(25)28/h2-3,5-6,8-9,11,18H,4,7,10,12H2,1H3,(H,23,26). The molecule has 0 radical (unpaired) electrons. The highest BCUT2D eigenvalue weighted by Crippen LogP contribution is 2.32. The van der Waals surface area contributed by atoms with E-state index in [-0.39, 0.29) is 24.3 Å². The van der Waals surface area contributed by atoms with Gasteiger partial charge >= 0.3 is 0 Å². The third kappa shape index (κ3) is 3.24. The normalized spacial score (nSPS) is 18.6. The van der Waals surface area contributed by atoms with E-state index in [1.165, 1.54) is 4.90 Å². The summed E-state index contributed by atoms with van der Waals surface area (Å²) in [6.07, 6.45) is 1.40. The Morgan fingerprint density at radius 1 is 1.21 bits per heavy atom. The predicted octanol–water partition coefficient (Wildman–Crippen LogP) is 3.24. The van der Waals surface area contributed by atoms with Gasteiger partial charge in [0.1, 0.15) is 12.6 Å². The van der Waals surface area contributed by atoms with Crippen LogP contribution >= 0.6 is 11.6 Å². The molecule has 1 unspecified atom stereocenters. The van der Waals surface area contributed by atoms with Crippen molar-refractivity contribution in [1.82, 2.24) is 4.90 Å². The molecule has 0 aliphatic carbocycles. The monoisotopic (exact) mass is 397 g/mol. The van der Waals surface area contributed by atoms with Gasteiger partial charge in [-0.2, -0.15) is 0 Å². The molecule has 0 saturated carbocycles. The van der Waals surface area contributed by atoms with E-state index in [9.17, 15) is 14.4 Å². The fraction of sp³-hybridized carbons (Fsp3) is 0.286. The molecule has 2 aliphatic rings. The fourth-order valence-electron chi connectivity index (χ4n) is 3.84. The van der Waals surface area contributed by atoms with E-state index in [0.29, 0.717) is 34.9 Å². The van der Waals surface area contributed by atoms with Crippen LogP contribution in [0.2, 0.25) is 5.02 Å². The minimum atomic E-state index is -0.513. The summed E-state index contributed by atoms with van der Waals surface area (Å²) in [5.74, 6) is -0.707. The zero-order valence-electron chi connectivity index (χ0n) is 15.4. The van der Waals surface area contributed by atoms with Gasteiger partial charge in [-0.3, -0.25) is 14.4 Å². The molecule has 0 spiro atoms. The first kappa shape index (κ1) is 18.5. The Labute approximate surface area is 168 Å². The Morgan fingerprint density at radius 3 is 2.82 bits per heavy atom. The molecule has 6 nitrogen and oxygen atoms in total. The van der Waals surface area contributed by atoms with Crippen LogP contribution < -0.4 is 10.2 Å². The number of fused-ring (bicyclic) bond motifs is 2. The summed E-state index contributed by atoms with van der Waals surface area (Å²) in [6.45, 7) is 2.26. The van der Waals surface area contributed by atoms with Crippen molar-refractivity contribution in [2.75, 3.05) is 23.3 Å². The van der Waals surface area contributed by atoms with Crippen molar-refractivity contribution >= 4 is 40.7 Å². The summed E-state index contributed by atoms with van der Waals surface area (Å²) in [6, 6.07) is 11.7. The maximum Gasteiger partial charge on any atom is 0.256 e. The summed E-state index contributed by atoms with van der Waals surface area (Å²) >= 11 is 6.02. The maximum atomic E-state index is 13.2. The van der Waals surface area contributed by atoms with Gasteiger partial charge in [-0.25, -0.2) is 0 Å². The minimum absolute atomic E-state index is 0.153. The molecule has 4 rings (SSSR count). The number of hydrogen-bond donors (Lipinski definition) is 1. The first-order valence-electron chi connectivity index (χ1n) is 9.23. The lowest BCUT2D eigenvalue weighted by Crippen LogP contribution is -2.47. The van der Waals surface area contributed by atoms with Crippen molar-refractivity contribution in [2.45, 2.75) is 25.8 Å². The van der Waals surface area contributed by atoms with Crippen molar-refractivity contribution in [1.29, 1.82) is 0 Å². The number of halogens is 1. The Morgan fingerprint density at radius 2 is 2.00 bits per heavy atom. The highest BCUT2D eigenvalue weighted by Gasteiger charge is 2.42. The van der Waals surface area contributed by atoms with E-state index in [1.54, 1.807) is 41.3 Å². The van der Waals surface area contributed by atoms with Crippen LogP contribution in [-0.4, -0.2) is 41.8 Å². The first-order valence-corrected chi connectivity index (χ1v) is 9.61. The van der Waals surface area contributed by atoms with Gasteiger partial charge in [-0.1, -0.05) is 29.8 Å². The number of anilines is 2. The highest BCUT2D eigenvalue weighted by atomic mass is 35.5. The molecule has 0 bridgehead atoms. The van der Waals surface area contributed by atoms with Gasteiger partial charge < -0.3 is 15.1 Å². The molecule has 7 heteroatoms. The van der Waals surface area contributed by atoms with Crippen LogP contribution in [-0.2, 0) is 9.59 Å². The van der Waals surface area contributed by atoms with Gasteiger partial charge in [0.2, 0.25) is 11.8 Å². The number of rotatable bonds is 3. The number of aryl methyl sites for hydroxylation is 1. The number of para-hydroxylation sites is 1. The molecule has 3 amide bonds. The Bertz CT molecular complexity index is 975. The second kappa shape index (κ2) is 7.28. The summed E-state index contributed by atoms with van der Waals surface area (Å²) in [5, 5.41) is 3.34. The number of nitrogens with zero attached hydrogens (tertiary/aromatic N) is 2. The molecule has 2 aliphatic heterocycles. The SMILES string of the molecule is Cc1ccc(Cl)cc1NC(=O)CN1C(=O)C2CCCN2C(=O)c2ccccc21. The van der Waals surface area contributed by atoms with E-state index < -0.39 is 6.04 Å². The number of carbonyl (C=O) groups is 3. The fourth-order valence-corrected chi connectivity index (χ4v) is 4.01. The molecule has 0 aromatic heterocycles. The smallest absolute Gasteiger partial charge is 0.256 e. The van der Waals surface area contributed by atoms with Gasteiger partial charge in [0.25, 0.3) is 5.91 Å². The van der Waals surface area contributed by atoms with Crippen molar-refractivity contribution in [3.05, 3.63) is 58.6 Å². The quantitative estimate of drug-likeness (QED) is 0.864. The average molecular weight is 398 g/mol. The molecule has 1 fully saturated rings. The molecule has 144 valence electrons. The van der Waals surface area contributed by atoms with E-state index in [0.717, 1.165) is 12.0 Å². The molecular formula is C21H20ClN3O3. The van der Waals surface area contributed by atoms with Crippen LogP contribution in [0.15, 0.2) is 42.5 Å². The van der Waals surface area contributed by atoms with Gasteiger partial charge in [-0.05, 0) is 49.6 Å². The summed E-state index contributed by atoms with van der Waals surface area (Å²) < 4.78 is 0. The molecule has 2 heterocycles. The number of carbonyl (C=O) groups excluding carboxylic acids is 3. The summed E-state index contributed by atoms with van der Waals surface area (Å²) in [7, 11) is 0. The van der Waals surface area contributed by atoms with Crippen LogP contribution in [0, 0.1) is 6.92 Å². The van der Waals surface area contributed by atoms with Crippen LogP contribution in [0.4, 0.5) is 11.4 Å². The van der Waals surface area contributed by atoms with Crippen LogP contribution in [0.25, 0.3) is 0 Å². The molecule has 1 N–H and O–H groups in total. The number of amides is 3. The topological polar surface area (TPSA) is 69.7 Å². The second-order valence-corrected chi connectivity index (χ2v) is 7.54. The molecule has 2 aromatic rings. The Hall–Kier alpha value is -2.86. The lowest BCUT2D eigenvalue weighted by Gasteiger charge is -2.25. The molecule has 28 heavy (non-hydrogen) atoms. The van der Waals surface area contributed by atoms with Gasteiger partial charge in [-0.15, -0.1) is 0 Å². The highest BCUT2D eigenvalue weighted by molar-refractivity contribution is 6.31. The van der Waals surface area contributed by atoms with Gasteiger partial charge in [0.15, 0.2) is 0 Å². The van der Waals surface area contributed by atoms with Crippen molar-refractivity contribution in [3.8, 4) is 0 Å². The zero-order chi connectivity index (χ0) is 19.8. The number of hydrogen-bond acceptors (Lipinski definition) is 3. The summed E-state index contributed by atoms with van der Waals surface area (Å²) in [4.78, 5) is 41.9. The molecule has 2 aromatic carbocycles. The predicted molar refractivity (Wildman–Crippen MR) is 108 cm³/mol. The largest absolute Gasteiger partial charge is 0.327 e. The molecule has 1 saturated heterocycles. The van der Waals surface area contributed by atoms with Crippen molar-refractivity contribution < 1.29 is 14.4 Å². The Balaban J connectivity index is 1.64. The van der Waals surface area contributed by atoms with E-state index in [4.69, 9.17) is 11.6 Å². The third-order valence-corrected chi connectivity index (χ3v) is 5.50. The van der Waals surface area contributed by atoms with Crippen LogP contribution in [0.5, 0.6) is 0 Å². The van der Waals surface area contributed by atoms with E-state index in [2.05, 4.69) is 5.32 Å². The van der Waals surface area contributed by atoms with Gasteiger partial charge in [0.05, 0.1) is 11.3 Å². The summed E-state index contributed by atoms with van der Waals surface area (Å²) in [5.41, 5.74) is 2.40. The Kier molecular flexibility index (Phi) is 4.81. The van der Waals surface area contributed by atoms with Gasteiger partial charge in [0, 0.05) is 17.3 Å². The first-order chi connectivity index (χ1) is 13.5. The van der Waals surface area contributed by atoms with E-state index in [1.807, 2.05) is 13.0 Å². The second-order valence-electron chi connectivity index (χ2n) is 7.11. The van der Waals surface area contributed by atoms with Crippen molar-refractivity contribution in [3.63, 3.8) is 0 Å². The van der Waals surface area contributed by atoms with Crippen LogP contribution in [0.3, 0.4) is 0 Å². The number of nitrogens with one attached hydrogen (secondary N) is 1. The zero-order valence-corrected chi connectivity index (χ0v) is 16.2. The average Bonchev–Trinajstić information content (AvgIpc) is 3.15. The van der Waals surface area contributed by atoms with Crippen molar-refractivity contribution in [2.24, 2.45) is 0 Å². The lowest BCUT2D eigenvalue weighted by molar-refractivity contribution is -0.124. The maximum absolute atomic E-state index is 13.2. The molecular weight excluding hydrogens is 378 g/mol.